The smallest absolute Gasteiger partial charge is 0.247 e. The van der Waals surface area contributed by atoms with E-state index in [4.69, 9.17) is 9.73 Å². The Morgan fingerprint density at radius 3 is 2.94 bits per heavy atom. The first kappa shape index (κ1) is 22.3. The fourth-order valence-corrected chi connectivity index (χ4v) is 4.42. The van der Waals surface area contributed by atoms with Crippen LogP contribution in [0.3, 0.4) is 0 Å². The van der Waals surface area contributed by atoms with Crippen LogP contribution in [0.1, 0.15) is 16.9 Å². The molecule has 2 aromatic rings. The summed E-state index contributed by atoms with van der Waals surface area (Å²) in [5.41, 5.74) is 1.70. The lowest BCUT2D eigenvalue weighted by molar-refractivity contribution is -0.111. The van der Waals surface area contributed by atoms with Crippen molar-refractivity contribution < 1.29 is 13.9 Å². The second-order valence-corrected chi connectivity index (χ2v) is 9.01. The van der Waals surface area contributed by atoms with Gasteiger partial charge in [0.2, 0.25) is 5.91 Å². The molecule has 4 rings (SSSR count). The minimum Gasteiger partial charge on any atom is -0.379 e. The summed E-state index contributed by atoms with van der Waals surface area (Å²) in [6.07, 6.45) is 5.78. The standard InChI is InChI=1S/C23H26FN5O2S/c1-3-22(30)27-20-12-17(4-5-18(20)24)19-10-16(14-29-6-8-31-9-7-29)11-21(26-19)28-23-25-13-15(2)32-23/h3-5,11-13,16H,1,6-10,14H2,2H3,(H,25,28)(H,27,30). The lowest BCUT2D eigenvalue weighted by Crippen LogP contribution is -2.40. The fraction of sp³-hybridized carbons (Fsp3) is 0.348. The topological polar surface area (TPSA) is 78.8 Å². The lowest BCUT2D eigenvalue weighted by atomic mass is 9.93. The molecule has 0 bridgehead atoms. The summed E-state index contributed by atoms with van der Waals surface area (Å²) in [6.45, 7) is 9.60. The number of benzene rings is 1. The molecular weight excluding hydrogens is 429 g/mol. The zero-order valence-corrected chi connectivity index (χ0v) is 18.8. The van der Waals surface area contributed by atoms with E-state index in [-0.39, 0.29) is 11.6 Å². The number of rotatable bonds is 7. The number of nitrogens with zero attached hydrogens (tertiary/aromatic N) is 3. The van der Waals surface area contributed by atoms with Crippen LogP contribution in [0.5, 0.6) is 0 Å². The number of hydrogen-bond donors (Lipinski definition) is 2. The molecule has 3 heterocycles. The maximum Gasteiger partial charge on any atom is 0.247 e. The summed E-state index contributed by atoms with van der Waals surface area (Å²) in [7, 11) is 0. The number of carbonyl (C=O) groups is 1. The third-order valence-corrected chi connectivity index (χ3v) is 6.13. The molecule has 1 aromatic heterocycles. The maximum absolute atomic E-state index is 14.2. The molecule has 2 N–H and O–H groups in total. The number of aryl methyl sites for hydroxylation is 1. The molecule has 2 aliphatic rings. The largest absolute Gasteiger partial charge is 0.379 e. The van der Waals surface area contributed by atoms with E-state index in [1.807, 2.05) is 13.1 Å². The summed E-state index contributed by atoms with van der Waals surface area (Å²) in [6, 6.07) is 4.67. The molecule has 1 saturated heterocycles. The molecule has 0 spiro atoms. The Morgan fingerprint density at radius 1 is 1.41 bits per heavy atom. The summed E-state index contributed by atoms with van der Waals surface area (Å²) < 4.78 is 19.7. The average molecular weight is 456 g/mol. The fourth-order valence-electron chi connectivity index (χ4n) is 3.75. The molecule has 1 unspecified atom stereocenters. The predicted molar refractivity (Wildman–Crippen MR) is 126 cm³/mol. The van der Waals surface area contributed by atoms with Gasteiger partial charge in [-0.2, -0.15) is 0 Å². The molecule has 1 atom stereocenters. The predicted octanol–water partition coefficient (Wildman–Crippen LogP) is 3.81. The van der Waals surface area contributed by atoms with Crippen molar-refractivity contribution in [3.8, 4) is 0 Å². The van der Waals surface area contributed by atoms with E-state index in [1.54, 1.807) is 23.5 Å². The van der Waals surface area contributed by atoms with Gasteiger partial charge >= 0.3 is 0 Å². The van der Waals surface area contributed by atoms with Gasteiger partial charge in [0, 0.05) is 30.7 Å². The van der Waals surface area contributed by atoms with Crippen molar-refractivity contribution in [1.29, 1.82) is 0 Å². The molecular formula is C23H26FN5O2S. The van der Waals surface area contributed by atoms with Gasteiger partial charge in [-0.05, 0) is 49.1 Å². The molecule has 1 aromatic carbocycles. The third-order valence-electron chi connectivity index (χ3n) is 5.30. The van der Waals surface area contributed by atoms with E-state index in [9.17, 15) is 9.18 Å². The van der Waals surface area contributed by atoms with Gasteiger partial charge in [-0.3, -0.25) is 9.69 Å². The number of carbonyl (C=O) groups excluding carboxylic acids is 1. The van der Waals surface area contributed by atoms with Crippen LogP contribution >= 0.6 is 11.3 Å². The maximum atomic E-state index is 14.2. The number of thiazole rings is 1. The molecule has 1 amide bonds. The number of hydrogen-bond acceptors (Lipinski definition) is 7. The summed E-state index contributed by atoms with van der Waals surface area (Å²) in [4.78, 5) is 24.4. The second kappa shape index (κ2) is 10.2. The van der Waals surface area contributed by atoms with Crippen LogP contribution in [0.4, 0.5) is 15.2 Å². The summed E-state index contributed by atoms with van der Waals surface area (Å²) in [5, 5.41) is 6.62. The zero-order valence-electron chi connectivity index (χ0n) is 17.9. The minimum absolute atomic E-state index is 0.111. The normalized spacial score (nSPS) is 19.1. The van der Waals surface area contributed by atoms with Crippen molar-refractivity contribution in [2.45, 2.75) is 13.3 Å². The minimum atomic E-state index is -0.502. The third kappa shape index (κ3) is 5.67. The molecule has 0 radical (unpaired) electrons. The van der Waals surface area contributed by atoms with Crippen molar-refractivity contribution >= 4 is 33.8 Å². The van der Waals surface area contributed by atoms with Gasteiger partial charge in [-0.15, -0.1) is 11.3 Å². The van der Waals surface area contributed by atoms with E-state index in [0.29, 0.717) is 6.42 Å². The summed E-state index contributed by atoms with van der Waals surface area (Å²) in [5.74, 6) is -0.0177. The summed E-state index contributed by atoms with van der Waals surface area (Å²) >= 11 is 1.56. The van der Waals surface area contributed by atoms with Gasteiger partial charge < -0.3 is 15.4 Å². The van der Waals surface area contributed by atoms with E-state index < -0.39 is 11.7 Å². The number of amides is 1. The molecule has 0 aliphatic carbocycles. The Hall–Kier alpha value is -2.88. The number of morpholine rings is 1. The van der Waals surface area contributed by atoms with Gasteiger partial charge in [0.15, 0.2) is 5.13 Å². The van der Waals surface area contributed by atoms with Crippen molar-refractivity contribution in [3.05, 3.63) is 65.2 Å². The Kier molecular flexibility index (Phi) is 7.09. The van der Waals surface area contributed by atoms with E-state index >= 15 is 0 Å². The molecule has 2 aliphatic heterocycles. The highest BCUT2D eigenvalue weighted by Gasteiger charge is 2.23. The first-order valence-corrected chi connectivity index (χ1v) is 11.3. The molecule has 1 fully saturated rings. The van der Waals surface area contributed by atoms with Crippen molar-refractivity contribution in [3.63, 3.8) is 0 Å². The van der Waals surface area contributed by atoms with E-state index in [2.05, 4.69) is 33.2 Å². The number of halogens is 1. The number of anilines is 2. The SMILES string of the molecule is C=CC(=O)Nc1cc(C2=NC(Nc3ncc(C)s3)=CC(CN3CCOCC3)C2)ccc1F. The van der Waals surface area contributed by atoms with Crippen LogP contribution in [-0.2, 0) is 9.53 Å². The highest BCUT2D eigenvalue weighted by Crippen LogP contribution is 2.27. The van der Waals surface area contributed by atoms with Crippen molar-refractivity contribution in [1.82, 2.24) is 9.88 Å². The van der Waals surface area contributed by atoms with Crippen LogP contribution in [0.2, 0.25) is 0 Å². The number of nitrogens with one attached hydrogen (secondary N) is 2. The van der Waals surface area contributed by atoms with Gasteiger partial charge in [-0.1, -0.05) is 12.6 Å². The van der Waals surface area contributed by atoms with E-state index in [1.165, 1.54) is 6.07 Å². The molecule has 32 heavy (non-hydrogen) atoms. The van der Waals surface area contributed by atoms with Gasteiger partial charge in [0.1, 0.15) is 11.6 Å². The Bertz CT molecular complexity index is 1060. The monoisotopic (exact) mass is 455 g/mol. The number of ether oxygens (including phenoxy) is 1. The first-order valence-electron chi connectivity index (χ1n) is 10.5. The molecule has 168 valence electrons. The number of aliphatic imine (C=N–C) groups is 1. The van der Waals surface area contributed by atoms with Crippen LogP contribution < -0.4 is 10.6 Å². The highest BCUT2D eigenvalue weighted by molar-refractivity contribution is 7.15. The highest BCUT2D eigenvalue weighted by atomic mass is 32.1. The van der Waals surface area contributed by atoms with Gasteiger partial charge in [0.05, 0.1) is 24.6 Å². The molecule has 9 heteroatoms. The van der Waals surface area contributed by atoms with Gasteiger partial charge in [0.25, 0.3) is 0 Å². The van der Waals surface area contributed by atoms with E-state index in [0.717, 1.165) is 66.0 Å². The Balaban J connectivity index is 1.60. The van der Waals surface area contributed by atoms with Crippen LogP contribution in [0.25, 0.3) is 0 Å². The first-order chi connectivity index (χ1) is 15.5. The zero-order chi connectivity index (χ0) is 22.5. The van der Waals surface area contributed by atoms with Crippen LogP contribution in [-0.4, -0.2) is 54.4 Å². The lowest BCUT2D eigenvalue weighted by Gasteiger charge is -2.31. The van der Waals surface area contributed by atoms with Crippen LogP contribution in [0.15, 0.2) is 53.9 Å². The van der Waals surface area contributed by atoms with Gasteiger partial charge in [-0.25, -0.2) is 14.4 Å². The average Bonchev–Trinajstić information content (AvgIpc) is 3.20. The quantitative estimate of drug-likeness (QED) is 0.621. The van der Waals surface area contributed by atoms with Crippen LogP contribution in [0, 0.1) is 18.7 Å². The Labute approximate surface area is 190 Å². The van der Waals surface area contributed by atoms with Crippen molar-refractivity contribution in [2.24, 2.45) is 10.9 Å². The Morgan fingerprint density at radius 2 is 2.22 bits per heavy atom. The van der Waals surface area contributed by atoms with Crippen molar-refractivity contribution in [2.75, 3.05) is 43.5 Å². The second-order valence-electron chi connectivity index (χ2n) is 7.78. The number of aromatic nitrogens is 1. The molecule has 7 nitrogen and oxygen atoms in total. The molecule has 0 saturated carbocycles.